The molecule has 1 fully saturated rings. The Hall–Kier alpha value is -3.42. The number of carbonyl (C=O) groups excluding carboxylic acids is 1. The van der Waals surface area contributed by atoms with Crippen molar-refractivity contribution < 1.29 is 13.9 Å². The van der Waals surface area contributed by atoms with Crippen molar-refractivity contribution in [2.24, 2.45) is 0 Å². The smallest absolute Gasteiger partial charge is 0.237 e. The van der Waals surface area contributed by atoms with E-state index < -0.39 is 0 Å². The number of nitriles is 1. The molecule has 182 valence electrons. The zero-order valence-corrected chi connectivity index (χ0v) is 20.4. The van der Waals surface area contributed by atoms with Gasteiger partial charge in [-0.05, 0) is 48.4 Å². The fourth-order valence-corrected chi connectivity index (χ4v) is 4.67. The number of hydrogen-bond acceptors (Lipinski definition) is 7. The van der Waals surface area contributed by atoms with Gasteiger partial charge in [-0.3, -0.25) is 9.36 Å². The Bertz CT molecular complexity index is 1190. The minimum absolute atomic E-state index is 0.0948. The van der Waals surface area contributed by atoms with E-state index in [0.29, 0.717) is 37.1 Å². The maximum Gasteiger partial charge on any atom is 0.237 e. The second-order valence-electron chi connectivity index (χ2n) is 7.96. The summed E-state index contributed by atoms with van der Waals surface area (Å²) in [6.07, 6.45) is 1.07. The first kappa shape index (κ1) is 24.7. The number of hydrogen-bond donors (Lipinski definition) is 0. The van der Waals surface area contributed by atoms with Crippen LogP contribution >= 0.6 is 11.8 Å². The van der Waals surface area contributed by atoms with Gasteiger partial charge in [-0.2, -0.15) is 5.26 Å². The van der Waals surface area contributed by atoms with Crippen molar-refractivity contribution in [2.75, 3.05) is 48.4 Å². The largest absolute Gasteiger partial charge is 0.378 e. The van der Waals surface area contributed by atoms with E-state index in [1.54, 1.807) is 12.1 Å². The molecule has 1 amide bonds. The van der Waals surface area contributed by atoms with Crippen LogP contribution in [0, 0.1) is 17.1 Å². The summed E-state index contributed by atoms with van der Waals surface area (Å²) >= 11 is 1.29. The highest BCUT2D eigenvalue weighted by molar-refractivity contribution is 7.99. The first-order chi connectivity index (χ1) is 17.1. The summed E-state index contributed by atoms with van der Waals surface area (Å²) in [6, 6.07) is 16.0. The van der Waals surface area contributed by atoms with Gasteiger partial charge in [0.1, 0.15) is 5.82 Å². The van der Waals surface area contributed by atoms with Crippen LogP contribution in [0.25, 0.3) is 5.69 Å². The van der Waals surface area contributed by atoms with Crippen LogP contribution in [0.2, 0.25) is 0 Å². The van der Waals surface area contributed by atoms with Crippen molar-refractivity contribution in [1.29, 1.82) is 5.26 Å². The summed E-state index contributed by atoms with van der Waals surface area (Å²) in [4.78, 5) is 16.8. The number of carbonyl (C=O) groups is 1. The highest BCUT2D eigenvalue weighted by atomic mass is 32.2. The lowest BCUT2D eigenvalue weighted by Gasteiger charge is -2.28. The van der Waals surface area contributed by atoms with Crippen molar-refractivity contribution in [3.63, 3.8) is 0 Å². The number of morpholine rings is 1. The molecule has 0 atom stereocenters. The Morgan fingerprint density at radius 3 is 2.69 bits per heavy atom. The van der Waals surface area contributed by atoms with Crippen LogP contribution in [-0.2, 0) is 16.0 Å². The molecule has 3 aromatic rings. The molecular formula is C25H27FN6O2S. The number of aryl methyl sites for hydroxylation is 1. The number of amides is 1. The molecule has 1 aliphatic rings. The van der Waals surface area contributed by atoms with E-state index in [2.05, 4.69) is 40.2 Å². The summed E-state index contributed by atoms with van der Waals surface area (Å²) in [7, 11) is 0. The number of thioether (sulfide) groups is 1. The molecule has 4 rings (SSSR count). The number of ether oxygens (including phenoxy) is 1. The van der Waals surface area contributed by atoms with Gasteiger partial charge in [-0.15, -0.1) is 10.2 Å². The van der Waals surface area contributed by atoms with Crippen molar-refractivity contribution in [2.45, 2.75) is 24.9 Å². The molecule has 2 heterocycles. The lowest BCUT2D eigenvalue weighted by atomic mass is 10.1. The summed E-state index contributed by atoms with van der Waals surface area (Å²) in [5.41, 5.74) is 2.68. The minimum atomic E-state index is -0.381. The van der Waals surface area contributed by atoms with Gasteiger partial charge >= 0.3 is 0 Å². The molecule has 0 N–H and O–H groups in total. The third kappa shape index (κ3) is 5.99. The van der Waals surface area contributed by atoms with Crippen molar-refractivity contribution >= 4 is 29.3 Å². The molecule has 0 saturated carbocycles. The van der Waals surface area contributed by atoms with Gasteiger partial charge in [0.25, 0.3) is 0 Å². The summed E-state index contributed by atoms with van der Waals surface area (Å²) in [5.74, 6) is 0.240. The molecule has 2 aromatic carbocycles. The molecule has 1 saturated heterocycles. The van der Waals surface area contributed by atoms with Crippen LogP contribution in [0.3, 0.4) is 0 Å². The molecule has 10 heteroatoms. The first-order valence-corrected chi connectivity index (χ1v) is 12.5. The Balaban J connectivity index is 1.60. The zero-order valence-electron chi connectivity index (χ0n) is 19.6. The predicted molar refractivity (Wildman–Crippen MR) is 133 cm³/mol. The van der Waals surface area contributed by atoms with E-state index in [1.165, 1.54) is 34.4 Å². The minimum Gasteiger partial charge on any atom is -0.378 e. The van der Waals surface area contributed by atoms with E-state index in [9.17, 15) is 9.18 Å². The van der Waals surface area contributed by atoms with Crippen LogP contribution in [0.5, 0.6) is 0 Å². The fourth-order valence-electron chi connectivity index (χ4n) is 3.85. The van der Waals surface area contributed by atoms with E-state index >= 15 is 0 Å². The molecular weight excluding hydrogens is 467 g/mol. The molecule has 0 radical (unpaired) electrons. The van der Waals surface area contributed by atoms with Gasteiger partial charge in [-0.25, -0.2) is 4.39 Å². The predicted octanol–water partition coefficient (Wildman–Crippen LogP) is 3.84. The number of anilines is 2. The van der Waals surface area contributed by atoms with Gasteiger partial charge < -0.3 is 14.5 Å². The fraction of sp³-hybridized carbons (Fsp3) is 0.360. The third-order valence-corrected chi connectivity index (χ3v) is 6.61. The molecule has 0 spiro atoms. The van der Waals surface area contributed by atoms with Gasteiger partial charge in [-0.1, -0.05) is 30.8 Å². The van der Waals surface area contributed by atoms with Gasteiger partial charge in [0, 0.05) is 25.3 Å². The van der Waals surface area contributed by atoms with Gasteiger partial charge in [0.15, 0.2) is 5.16 Å². The average Bonchev–Trinajstić information content (AvgIpc) is 3.33. The van der Waals surface area contributed by atoms with E-state index in [1.807, 2.05) is 16.7 Å². The number of halogens is 1. The van der Waals surface area contributed by atoms with Crippen LogP contribution in [0.15, 0.2) is 53.7 Å². The number of nitrogens with zero attached hydrogens (tertiary/aromatic N) is 6. The van der Waals surface area contributed by atoms with Crippen LogP contribution in [0.4, 0.5) is 16.0 Å². The molecule has 1 aliphatic heterocycles. The van der Waals surface area contributed by atoms with Crippen LogP contribution < -0.4 is 9.80 Å². The monoisotopic (exact) mass is 494 g/mol. The summed E-state index contributed by atoms with van der Waals surface area (Å²) in [6.45, 7) is 4.99. The van der Waals surface area contributed by atoms with Gasteiger partial charge in [0.05, 0.1) is 37.1 Å². The topological polar surface area (TPSA) is 87.3 Å². The molecule has 0 bridgehead atoms. The van der Waals surface area contributed by atoms with E-state index in [0.717, 1.165) is 18.1 Å². The van der Waals surface area contributed by atoms with Gasteiger partial charge in [0.2, 0.25) is 11.9 Å². The van der Waals surface area contributed by atoms with Crippen molar-refractivity contribution in [1.82, 2.24) is 14.8 Å². The first-order valence-electron chi connectivity index (χ1n) is 11.5. The quantitative estimate of drug-likeness (QED) is 0.418. The number of aromatic nitrogens is 3. The second-order valence-corrected chi connectivity index (χ2v) is 8.90. The molecule has 35 heavy (non-hydrogen) atoms. The lowest BCUT2D eigenvalue weighted by Crippen LogP contribution is -2.38. The maximum absolute atomic E-state index is 13.4. The zero-order chi connectivity index (χ0) is 24.6. The van der Waals surface area contributed by atoms with Crippen molar-refractivity contribution in [3.8, 4) is 11.8 Å². The Morgan fingerprint density at radius 2 is 1.97 bits per heavy atom. The lowest BCUT2D eigenvalue weighted by molar-refractivity contribution is -0.116. The summed E-state index contributed by atoms with van der Waals surface area (Å²) < 4.78 is 20.9. The molecule has 0 aliphatic carbocycles. The van der Waals surface area contributed by atoms with Crippen molar-refractivity contribution in [3.05, 3.63) is 59.9 Å². The average molecular weight is 495 g/mol. The number of rotatable bonds is 9. The summed E-state index contributed by atoms with van der Waals surface area (Å²) in [5, 5.41) is 18.5. The Labute approximate surface area is 208 Å². The molecule has 1 aromatic heterocycles. The van der Waals surface area contributed by atoms with Crippen LogP contribution in [-0.4, -0.2) is 59.3 Å². The molecule has 8 nitrogen and oxygen atoms in total. The Morgan fingerprint density at radius 1 is 1.20 bits per heavy atom. The second kappa shape index (κ2) is 11.8. The van der Waals surface area contributed by atoms with E-state index in [4.69, 9.17) is 10.00 Å². The maximum atomic E-state index is 13.4. The normalized spacial score (nSPS) is 13.5. The van der Waals surface area contributed by atoms with E-state index in [-0.39, 0.29) is 30.4 Å². The Kier molecular flexibility index (Phi) is 8.34. The SMILES string of the molecule is CCc1cccc(-n2c(SCC(=O)N(CCC#N)c3ccc(F)cc3)nnc2N2CCOCC2)c1. The number of benzene rings is 2. The van der Waals surface area contributed by atoms with Crippen LogP contribution in [0.1, 0.15) is 18.9 Å². The molecule has 0 unspecified atom stereocenters. The highest BCUT2D eigenvalue weighted by Gasteiger charge is 2.24. The standard InChI is InChI=1S/C25H27FN6O2S/c1-2-19-5-3-6-22(17-19)32-24(30-13-15-34-16-14-30)28-29-25(32)35-18-23(33)31(12-4-11-27)21-9-7-20(26)8-10-21/h3,5-10,17H,2,4,12-16,18H2,1H3. The third-order valence-electron chi connectivity index (χ3n) is 5.70. The highest BCUT2D eigenvalue weighted by Crippen LogP contribution is 2.28.